The highest BCUT2D eigenvalue weighted by molar-refractivity contribution is 6.30. The Bertz CT molecular complexity index is 1200. The third-order valence-electron chi connectivity index (χ3n) is 5.68. The molecule has 0 aliphatic carbocycles. The molecule has 0 fully saturated rings. The second-order valence-electron chi connectivity index (χ2n) is 8.11. The van der Waals surface area contributed by atoms with E-state index < -0.39 is 0 Å². The molecule has 0 radical (unpaired) electrons. The van der Waals surface area contributed by atoms with E-state index in [4.69, 9.17) is 21.1 Å². The van der Waals surface area contributed by atoms with Gasteiger partial charge in [0, 0.05) is 18.1 Å². The first-order valence-corrected chi connectivity index (χ1v) is 10.6. The number of rotatable bonds is 3. The van der Waals surface area contributed by atoms with Crippen molar-refractivity contribution in [1.29, 1.82) is 0 Å². The number of aryl methyl sites for hydroxylation is 2. The Morgan fingerprint density at radius 2 is 1.81 bits per heavy atom. The summed E-state index contributed by atoms with van der Waals surface area (Å²) in [5.41, 5.74) is 5.69. The fraction of sp³-hybridized carbons (Fsp3) is 0.192. The average Bonchev–Trinajstić information content (AvgIpc) is 3.09. The maximum Gasteiger partial charge on any atom is 0.232 e. The van der Waals surface area contributed by atoms with E-state index in [2.05, 4.69) is 4.90 Å². The van der Waals surface area contributed by atoms with Gasteiger partial charge in [0.05, 0.1) is 11.1 Å². The summed E-state index contributed by atoms with van der Waals surface area (Å²) in [7, 11) is 0. The van der Waals surface area contributed by atoms with E-state index in [-0.39, 0.29) is 5.78 Å². The minimum Gasteiger partial charge on any atom is -0.478 e. The second-order valence-corrected chi connectivity index (χ2v) is 8.55. The molecule has 3 aromatic carbocycles. The summed E-state index contributed by atoms with van der Waals surface area (Å²) >= 11 is 6.00. The largest absolute Gasteiger partial charge is 0.478 e. The monoisotopic (exact) mass is 431 g/mol. The number of benzene rings is 3. The second kappa shape index (κ2) is 7.88. The minimum atomic E-state index is -0.0781. The van der Waals surface area contributed by atoms with Crippen LogP contribution in [0.3, 0.4) is 0 Å². The molecule has 0 saturated carbocycles. The van der Waals surface area contributed by atoms with Crippen molar-refractivity contribution in [3.63, 3.8) is 0 Å². The number of carbonyl (C=O) groups excluding carboxylic acids is 1. The number of ether oxygens (including phenoxy) is 2. The molecule has 31 heavy (non-hydrogen) atoms. The number of halogens is 1. The Balaban J connectivity index is 1.45. The van der Waals surface area contributed by atoms with Gasteiger partial charge in [0.2, 0.25) is 5.78 Å². The van der Waals surface area contributed by atoms with Gasteiger partial charge in [-0.1, -0.05) is 53.6 Å². The molecule has 3 aromatic rings. The molecule has 2 aliphatic heterocycles. The van der Waals surface area contributed by atoms with Crippen LogP contribution in [0.25, 0.3) is 6.08 Å². The lowest BCUT2D eigenvalue weighted by atomic mass is 9.98. The Morgan fingerprint density at radius 3 is 2.55 bits per heavy atom. The van der Waals surface area contributed by atoms with Crippen molar-refractivity contribution in [2.45, 2.75) is 26.9 Å². The smallest absolute Gasteiger partial charge is 0.232 e. The molecule has 0 bridgehead atoms. The molecule has 2 aliphatic rings. The Morgan fingerprint density at radius 1 is 1.06 bits per heavy atom. The van der Waals surface area contributed by atoms with Crippen LogP contribution in [0.5, 0.6) is 11.5 Å². The van der Waals surface area contributed by atoms with E-state index in [1.807, 2.05) is 74.5 Å². The Hall–Kier alpha value is -3.08. The normalized spacial score (nSPS) is 16.6. The number of hydrogen-bond acceptors (Lipinski definition) is 4. The summed E-state index contributed by atoms with van der Waals surface area (Å²) in [6.45, 7) is 5.81. The number of fused-ring (bicyclic) bond motifs is 3. The summed E-state index contributed by atoms with van der Waals surface area (Å²) < 4.78 is 12.2. The first-order chi connectivity index (χ1) is 15.0. The summed E-state index contributed by atoms with van der Waals surface area (Å²) in [4.78, 5) is 15.3. The highest BCUT2D eigenvalue weighted by atomic mass is 35.5. The number of carbonyl (C=O) groups is 1. The van der Waals surface area contributed by atoms with Crippen LogP contribution < -0.4 is 9.47 Å². The van der Waals surface area contributed by atoms with Gasteiger partial charge in [-0.05, 0) is 54.8 Å². The first kappa shape index (κ1) is 19.9. The lowest BCUT2D eigenvalue weighted by Crippen LogP contribution is -2.31. The first-order valence-electron chi connectivity index (χ1n) is 10.2. The highest BCUT2D eigenvalue weighted by Gasteiger charge is 2.35. The topological polar surface area (TPSA) is 38.8 Å². The van der Waals surface area contributed by atoms with Crippen molar-refractivity contribution < 1.29 is 14.3 Å². The van der Waals surface area contributed by atoms with Crippen LogP contribution in [-0.2, 0) is 13.1 Å². The fourth-order valence-electron chi connectivity index (χ4n) is 4.04. The number of hydrogen-bond donors (Lipinski definition) is 0. The average molecular weight is 432 g/mol. The van der Waals surface area contributed by atoms with Crippen LogP contribution in [0.1, 0.15) is 38.2 Å². The molecule has 0 aromatic heterocycles. The summed E-state index contributed by atoms with van der Waals surface area (Å²) in [5.74, 6) is 1.68. The fourth-order valence-corrected chi connectivity index (χ4v) is 4.17. The van der Waals surface area contributed by atoms with Gasteiger partial charge in [-0.3, -0.25) is 9.69 Å². The Kier molecular flexibility index (Phi) is 5.05. The SMILES string of the molecule is Cc1ccc(/C=C2\Oc3c4c(cc(C)c3C2=O)OCN(Cc2ccc(Cl)cc2)C4)cc1. The number of nitrogens with zero attached hydrogens (tertiary/aromatic N) is 1. The van der Waals surface area contributed by atoms with Gasteiger partial charge in [-0.15, -0.1) is 0 Å². The molecule has 156 valence electrons. The maximum atomic E-state index is 13.1. The van der Waals surface area contributed by atoms with Gasteiger partial charge >= 0.3 is 0 Å². The zero-order valence-electron chi connectivity index (χ0n) is 17.4. The third kappa shape index (κ3) is 3.85. The highest BCUT2D eigenvalue weighted by Crippen LogP contribution is 2.44. The van der Waals surface area contributed by atoms with Crippen LogP contribution >= 0.6 is 11.6 Å². The Labute approximate surface area is 186 Å². The zero-order chi connectivity index (χ0) is 21.5. The molecule has 0 unspecified atom stereocenters. The molecule has 5 heteroatoms. The molecule has 0 amide bonds. The van der Waals surface area contributed by atoms with Crippen molar-refractivity contribution in [2.75, 3.05) is 6.73 Å². The van der Waals surface area contributed by atoms with Crippen molar-refractivity contribution in [3.8, 4) is 11.5 Å². The van der Waals surface area contributed by atoms with E-state index in [9.17, 15) is 4.79 Å². The maximum absolute atomic E-state index is 13.1. The summed E-state index contributed by atoms with van der Waals surface area (Å²) in [5, 5.41) is 0.720. The molecule has 0 atom stereocenters. The predicted molar refractivity (Wildman–Crippen MR) is 121 cm³/mol. The number of allylic oxidation sites excluding steroid dienone is 1. The van der Waals surface area contributed by atoms with Gasteiger partial charge in [0.25, 0.3) is 0 Å². The molecule has 2 heterocycles. The van der Waals surface area contributed by atoms with Gasteiger partial charge in [-0.25, -0.2) is 0 Å². The van der Waals surface area contributed by atoms with Gasteiger partial charge in [0.1, 0.15) is 18.2 Å². The molecule has 0 spiro atoms. The summed E-state index contributed by atoms with van der Waals surface area (Å²) in [6, 6.07) is 17.8. The standard InChI is InChI=1S/C26H22ClNO3/c1-16-3-5-18(6-4-16)12-23-25(29)24-17(2)11-22-21(26(24)31-23)14-28(15-30-22)13-19-7-9-20(27)10-8-19/h3-12H,13-15H2,1-2H3/b23-12-. The van der Waals surface area contributed by atoms with Crippen LogP contribution in [0.15, 0.2) is 60.4 Å². The number of ketones is 1. The van der Waals surface area contributed by atoms with Crippen LogP contribution in [0.2, 0.25) is 5.02 Å². The summed E-state index contributed by atoms with van der Waals surface area (Å²) in [6.07, 6.45) is 1.81. The third-order valence-corrected chi connectivity index (χ3v) is 5.93. The predicted octanol–water partition coefficient (Wildman–Crippen LogP) is 5.93. The van der Waals surface area contributed by atoms with Crippen molar-refractivity contribution in [2.24, 2.45) is 0 Å². The van der Waals surface area contributed by atoms with E-state index in [1.54, 1.807) is 0 Å². The lowest BCUT2D eigenvalue weighted by molar-refractivity contribution is 0.0872. The van der Waals surface area contributed by atoms with Gasteiger partial charge in [-0.2, -0.15) is 0 Å². The van der Waals surface area contributed by atoms with E-state index in [0.29, 0.717) is 30.3 Å². The molecule has 5 rings (SSSR count). The van der Waals surface area contributed by atoms with Crippen LogP contribution in [0.4, 0.5) is 0 Å². The van der Waals surface area contributed by atoms with Crippen LogP contribution in [-0.4, -0.2) is 17.4 Å². The molecule has 4 nitrogen and oxygen atoms in total. The zero-order valence-corrected chi connectivity index (χ0v) is 18.2. The van der Waals surface area contributed by atoms with Gasteiger partial charge < -0.3 is 9.47 Å². The number of Topliss-reactive ketones (excluding diaryl/α,β-unsaturated/α-hetero) is 1. The van der Waals surface area contributed by atoms with Gasteiger partial charge in [0.15, 0.2) is 5.76 Å². The van der Waals surface area contributed by atoms with Crippen molar-refractivity contribution in [3.05, 3.63) is 98.8 Å². The lowest BCUT2D eigenvalue weighted by Gasteiger charge is -2.30. The molecule has 0 N–H and O–H groups in total. The molecular weight excluding hydrogens is 410 g/mol. The van der Waals surface area contributed by atoms with E-state index in [0.717, 1.165) is 39.6 Å². The van der Waals surface area contributed by atoms with Crippen LogP contribution in [0, 0.1) is 13.8 Å². The van der Waals surface area contributed by atoms with E-state index >= 15 is 0 Å². The van der Waals surface area contributed by atoms with Crippen molar-refractivity contribution in [1.82, 2.24) is 4.90 Å². The van der Waals surface area contributed by atoms with E-state index in [1.165, 1.54) is 5.56 Å². The minimum absolute atomic E-state index is 0.0781. The van der Waals surface area contributed by atoms with Crippen molar-refractivity contribution >= 4 is 23.5 Å². The molecule has 0 saturated heterocycles. The quantitative estimate of drug-likeness (QED) is 0.482. The molecular formula is C26H22ClNO3.